The summed E-state index contributed by atoms with van der Waals surface area (Å²) >= 11 is 5.66. The number of fused-ring (bicyclic) bond motifs is 1. The van der Waals surface area contributed by atoms with E-state index in [9.17, 15) is 9.90 Å². The van der Waals surface area contributed by atoms with Crippen molar-refractivity contribution < 1.29 is 14.6 Å². The van der Waals surface area contributed by atoms with E-state index < -0.39 is 6.10 Å². The van der Waals surface area contributed by atoms with Gasteiger partial charge in [0.15, 0.2) is 0 Å². The normalized spacial score (nSPS) is 14.0. The summed E-state index contributed by atoms with van der Waals surface area (Å²) in [6, 6.07) is 19.1. The van der Waals surface area contributed by atoms with Crippen molar-refractivity contribution in [3.63, 3.8) is 0 Å². The van der Waals surface area contributed by atoms with Crippen LogP contribution >= 0.6 is 11.6 Å². The maximum Gasteiger partial charge on any atom is 0.259 e. The van der Waals surface area contributed by atoms with Gasteiger partial charge in [0.25, 0.3) is 5.56 Å². The number of aliphatic hydroxyl groups excluding tert-OH is 1. The lowest BCUT2D eigenvalue weighted by Gasteiger charge is -2.24. The number of ether oxygens (including phenoxy) is 2. The lowest BCUT2D eigenvalue weighted by atomic mass is 9.94. The number of pyridine rings is 1. The van der Waals surface area contributed by atoms with Gasteiger partial charge >= 0.3 is 0 Å². The van der Waals surface area contributed by atoms with Crippen LogP contribution in [0.4, 0.5) is 0 Å². The zero-order chi connectivity index (χ0) is 21.6. The molecule has 162 valence electrons. The quantitative estimate of drug-likeness (QED) is 0.532. The molecule has 0 bridgehead atoms. The lowest BCUT2D eigenvalue weighted by molar-refractivity contribution is 0.124. The number of alkyl halides is 1. The molecule has 31 heavy (non-hydrogen) atoms. The molecule has 0 spiro atoms. The molecule has 2 aromatic carbocycles. The first-order valence-corrected chi connectivity index (χ1v) is 11.1. The Hall–Kier alpha value is -2.76. The van der Waals surface area contributed by atoms with Gasteiger partial charge in [-0.05, 0) is 55.5 Å². The molecule has 0 radical (unpaired) electrons. The van der Waals surface area contributed by atoms with E-state index in [0.717, 1.165) is 53.9 Å². The van der Waals surface area contributed by atoms with E-state index in [-0.39, 0.29) is 18.0 Å². The molecular formula is C25H26ClNO4. The van der Waals surface area contributed by atoms with Crippen molar-refractivity contribution in [1.82, 2.24) is 4.57 Å². The van der Waals surface area contributed by atoms with Crippen LogP contribution in [0.25, 0.3) is 5.69 Å². The highest BCUT2D eigenvalue weighted by atomic mass is 35.5. The topological polar surface area (TPSA) is 60.7 Å². The van der Waals surface area contributed by atoms with Crippen LogP contribution in [0.5, 0.6) is 11.5 Å². The average molecular weight is 440 g/mol. The summed E-state index contributed by atoms with van der Waals surface area (Å²) in [5.74, 6) is 1.41. The summed E-state index contributed by atoms with van der Waals surface area (Å²) in [4.78, 5) is 13.0. The van der Waals surface area contributed by atoms with Crippen molar-refractivity contribution in [1.29, 1.82) is 0 Å². The van der Waals surface area contributed by atoms with Gasteiger partial charge in [0.2, 0.25) is 0 Å². The third kappa shape index (κ3) is 5.12. The second kappa shape index (κ2) is 10.0. The fourth-order valence-corrected chi connectivity index (χ4v) is 3.96. The second-order valence-electron chi connectivity index (χ2n) is 7.70. The second-order valence-corrected chi connectivity index (χ2v) is 8.01. The fraction of sp³-hybridized carbons (Fsp3) is 0.320. The van der Waals surface area contributed by atoms with Crippen LogP contribution in [0.15, 0.2) is 65.5 Å². The summed E-state index contributed by atoms with van der Waals surface area (Å²) in [5.41, 5.74) is 3.78. The van der Waals surface area contributed by atoms with Crippen molar-refractivity contribution in [3.8, 4) is 17.2 Å². The van der Waals surface area contributed by atoms with Gasteiger partial charge in [-0.15, -0.1) is 11.6 Å². The monoisotopic (exact) mass is 439 g/mol. The average Bonchev–Trinajstić information content (AvgIpc) is 2.82. The van der Waals surface area contributed by atoms with E-state index in [0.29, 0.717) is 12.4 Å². The third-order valence-corrected chi connectivity index (χ3v) is 5.79. The minimum absolute atomic E-state index is 0.0762. The van der Waals surface area contributed by atoms with Gasteiger partial charge in [0.05, 0.1) is 5.88 Å². The Morgan fingerprint density at radius 2 is 1.74 bits per heavy atom. The zero-order valence-electron chi connectivity index (χ0n) is 17.3. The molecule has 1 N–H and O–H groups in total. The van der Waals surface area contributed by atoms with Crippen molar-refractivity contribution >= 4 is 11.6 Å². The van der Waals surface area contributed by atoms with Gasteiger partial charge in [-0.2, -0.15) is 0 Å². The SMILES string of the molecule is O=c1cc(OCC(O)CCl)c2c(n1-c1ccc(OCc3ccccc3)cc1)CCCC2. The van der Waals surface area contributed by atoms with Crippen molar-refractivity contribution in [2.24, 2.45) is 0 Å². The van der Waals surface area contributed by atoms with Gasteiger partial charge in [0, 0.05) is 23.0 Å². The Morgan fingerprint density at radius 3 is 2.48 bits per heavy atom. The number of halogens is 1. The molecular weight excluding hydrogens is 414 g/mol. The number of hydrogen-bond donors (Lipinski definition) is 1. The molecule has 1 aliphatic rings. The van der Waals surface area contributed by atoms with Gasteiger partial charge in [0.1, 0.15) is 30.8 Å². The van der Waals surface area contributed by atoms with Crippen molar-refractivity contribution in [3.05, 3.63) is 87.8 Å². The first-order valence-electron chi connectivity index (χ1n) is 10.6. The molecule has 1 unspecified atom stereocenters. The summed E-state index contributed by atoms with van der Waals surface area (Å²) in [5, 5.41) is 9.72. The molecule has 1 aromatic heterocycles. The molecule has 0 aliphatic heterocycles. The number of rotatable bonds is 8. The van der Waals surface area contributed by atoms with Crippen LogP contribution in [-0.2, 0) is 19.4 Å². The first-order chi connectivity index (χ1) is 15.2. The van der Waals surface area contributed by atoms with Gasteiger partial charge in [-0.25, -0.2) is 0 Å². The van der Waals surface area contributed by atoms with Crippen LogP contribution in [0.3, 0.4) is 0 Å². The van der Waals surface area contributed by atoms with E-state index in [4.69, 9.17) is 21.1 Å². The summed E-state index contributed by atoms with van der Waals surface area (Å²) in [6.07, 6.45) is 2.98. The molecule has 0 amide bonds. The van der Waals surface area contributed by atoms with E-state index >= 15 is 0 Å². The highest BCUT2D eigenvalue weighted by Crippen LogP contribution is 2.30. The van der Waals surface area contributed by atoms with Crippen LogP contribution in [0.1, 0.15) is 29.7 Å². The maximum absolute atomic E-state index is 13.0. The van der Waals surface area contributed by atoms with Crippen LogP contribution in [-0.4, -0.2) is 28.3 Å². The first kappa shape index (κ1) is 21.5. The minimum Gasteiger partial charge on any atom is -0.490 e. The summed E-state index contributed by atoms with van der Waals surface area (Å²) in [6.45, 7) is 0.572. The van der Waals surface area contributed by atoms with Crippen LogP contribution < -0.4 is 15.0 Å². The number of benzene rings is 2. The Kier molecular flexibility index (Phi) is 6.95. The minimum atomic E-state index is -0.758. The molecule has 6 heteroatoms. The molecule has 4 rings (SSSR count). The van der Waals surface area contributed by atoms with Gasteiger partial charge < -0.3 is 14.6 Å². The predicted octanol–water partition coefficient (Wildman–Crippen LogP) is 4.27. The molecule has 1 atom stereocenters. The molecule has 3 aromatic rings. The number of aliphatic hydroxyl groups is 1. The highest BCUT2D eigenvalue weighted by Gasteiger charge is 2.21. The predicted molar refractivity (Wildman–Crippen MR) is 122 cm³/mol. The Bertz CT molecular complexity index is 1060. The number of hydrogen-bond acceptors (Lipinski definition) is 4. The van der Waals surface area contributed by atoms with E-state index in [1.54, 1.807) is 4.57 Å². The largest absolute Gasteiger partial charge is 0.490 e. The lowest BCUT2D eigenvalue weighted by Crippen LogP contribution is -2.27. The number of nitrogens with zero attached hydrogens (tertiary/aromatic N) is 1. The summed E-state index contributed by atoms with van der Waals surface area (Å²) in [7, 11) is 0. The van der Waals surface area contributed by atoms with E-state index in [1.807, 2.05) is 54.6 Å². The molecule has 0 fully saturated rings. The van der Waals surface area contributed by atoms with E-state index in [1.165, 1.54) is 6.07 Å². The molecule has 1 aliphatic carbocycles. The third-order valence-electron chi connectivity index (χ3n) is 5.43. The molecule has 1 heterocycles. The maximum atomic E-state index is 13.0. The molecule has 0 saturated carbocycles. The number of aromatic nitrogens is 1. The summed E-state index contributed by atoms with van der Waals surface area (Å²) < 4.78 is 13.4. The Balaban J connectivity index is 1.58. The van der Waals surface area contributed by atoms with Crippen LogP contribution in [0, 0.1) is 0 Å². The Labute approximate surface area is 186 Å². The highest BCUT2D eigenvalue weighted by molar-refractivity contribution is 6.18. The van der Waals surface area contributed by atoms with Crippen molar-refractivity contribution in [2.45, 2.75) is 38.4 Å². The molecule has 5 nitrogen and oxygen atoms in total. The van der Waals surface area contributed by atoms with E-state index in [2.05, 4.69) is 0 Å². The van der Waals surface area contributed by atoms with Gasteiger partial charge in [-0.3, -0.25) is 9.36 Å². The smallest absolute Gasteiger partial charge is 0.259 e. The van der Waals surface area contributed by atoms with Crippen molar-refractivity contribution in [2.75, 3.05) is 12.5 Å². The fourth-order valence-electron chi connectivity index (χ4n) is 3.87. The zero-order valence-corrected chi connectivity index (χ0v) is 18.1. The standard InChI is InChI=1S/C25H26ClNO4/c26-15-20(28)17-31-24-14-25(29)27(23-9-5-4-8-22(23)24)19-10-12-21(13-11-19)30-16-18-6-2-1-3-7-18/h1-3,6-7,10-14,20,28H,4-5,8-9,15-17H2. The Morgan fingerprint density at radius 1 is 1.00 bits per heavy atom. The van der Waals surface area contributed by atoms with Crippen LogP contribution in [0.2, 0.25) is 0 Å². The molecule has 0 saturated heterocycles. The van der Waals surface area contributed by atoms with Gasteiger partial charge in [-0.1, -0.05) is 30.3 Å².